The first kappa shape index (κ1) is 26.2. The van der Waals surface area contributed by atoms with Gasteiger partial charge in [-0.25, -0.2) is 4.39 Å². The van der Waals surface area contributed by atoms with Crippen molar-refractivity contribution in [1.29, 1.82) is 5.41 Å². The number of nitrogens with one attached hydrogen (secondary N) is 3. The number of thiophene rings is 1. The highest BCUT2D eigenvalue weighted by atomic mass is 32.1. The molecule has 9 heteroatoms. The number of phenolic OH excluding ortho intramolecular Hbond substituents is 1. The normalized spacial score (nSPS) is 11.7. The molecule has 1 unspecified atom stereocenters. The molecule has 0 aliphatic carbocycles. The minimum absolute atomic E-state index is 0.0347. The molecule has 0 aliphatic rings. The number of phenols is 1. The first-order valence-corrected chi connectivity index (χ1v) is 12.5. The van der Waals surface area contributed by atoms with Crippen molar-refractivity contribution in [3.63, 3.8) is 0 Å². The van der Waals surface area contributed by atoms with Gasteiger partial charge in [0.1, 0.15) is 11.6 Å². The lowest BCUT2D eigenvalue weighted by molar-refractivity contribution is 0.0941. The molecular formula is C28H27FN4O3S. The van der Waals surface area contributed by atoms with Crippen molar-refractivity contribution in [2.75, 3.05) is 13.2 Å². The zero-order chi connectivity index (χ0) is 26.2. The summed E-state index contributed by atoms with van der Waals surface area (Å²) in [7, 11) is 0. The van der Waals surface area contributed by atoms with Gasteiger partial charge in [0, 0.05) is 48.1 Å². The molecule has 1 amide bonds. The Morgan fingerprint density at radius 2 is 1.95 bits per heavy atom. The molecule has 190 valence electrons. The van der Waals surface area contributed by atoms with Gasteiger partial charge in [-0.1, -0.05) is 30.3 Å². The van der Waals surface area contributed by atoms with E-state index in [9.17, 15) is 14.3 Å². The third kappa shape index (κ3) is 6.65. The number of nitrogens with zero attached hydrogens (tertiary/aromatic N) is 1. The lowest BCUT2D eigenvalue weighted by atomic mass is 9.96. The average molecular weight is 519 g/mol. The van der Waals surface area contributed by atoms with Crippen LogP contribution in [0, 0.1) is 11.2 Å². The molecule has 2 aromatic heterocycles. The third-order valence-corrected chi connectivity index (χ3v) is 6.89. The number of carbonyl (C=O) groups is 1. The molecule has 0 aliphatic heterocycles. The Kier molecular flexibility index (Phi) is 8.73. The molecule has 0 fully saturated rings. The number of aromatic nitrogens is 1. The maximum Gasteiger partial charge on any atom is 0.261 e. The van der Waals surface area contributed by atoms with Crippen molar-refractivity contribution in [1.82, 2.24) is 15.6 Å². The molecule has 37 heavy (non-hydrogen) atoms. The number of aromatic hydroxyl groups is 1. The van der Waals surface area contributed by atoms with Gasteiger partial charge in [0.05, 0.1) is 23.1 Å². The summed E-state index contributed by atoms with van der Waals surface area (Å²) in [5.41, 5.74) is 2.64. The number of benzene rings is 2. The summed E-state index contributed by atoms with van der Waals surface area (Å²) < 4.78 is 14.8. The topological polar surface area (TPSA) is 118 Å². The second-order valence-electron chi connectivity index (χ2n) is 8.39. The highest BCUT2D eigenvalue weighted by Gasteiger charge is 2.25. The highest BCUT2D eigenvalue weighted by Crippen LogP contribution is 2.32. The molecule has 2 heterocycles. The van der Waals surface area contributed by atoms with E-state index in [2.05, 4.69) is 15.6 Å². The van der Waals surface area contributed by atoms with E-state index in [1.807, 2.05) is 30.3 Å². The SMILES string of the molecule is N=C(CC(NC(=O)c1ccc(-c2cccc(CNCCO)c2)s1)c1c(O)cccc1F)c1cccnc1. The molecule has 2 aromatic carbocycles. The van der Waals surface area contributed by atoms with E-state index >= 15 is 0 Å². The Morgan fingerprint density at radius 1 is 1.11 bits per heavy atom. The van der Waals surface area contributed by atoms with E-state index in [4.69, 9.17) is 10.5 Å². The van der Waals surface area contributed by atoms with Gasteiger partial charge in [-0.05, 0) is 47.5 Å². The van der Waals surface area contributed by atoms with Crippen LogP contribution in [-0.2, 0) is 6.54 Å². The van der Waals surface area contributed by atoms with Crippen LogP contribution in [0.25, 0.3) is 10.4 Å². The van der Waals surface area contributed by atoms with E-state index < -0.39 is 17.8 Å². The fraction of sp³-hybridized carbons (Fsp3) is 0.179. The summed E-state index contributed by atoms with van der Waals surface area (Å²) in [5, 5.41) is 33.8. The molecule has 0 radical (unpaired) electrons. The van der Waals surface area contributed by atoms with Crippen LogP contribution in [0.15, 0.2) is 79.1 Å². The molecule has 4 aromatic rings. The number of pyridine rings is 1. The molecule has 4 rings (SSSR count). The van der Waals surface area contributed by atoms with Gasteiger partial charge in [-0.2, -0.15) is 0 Å². The van der Waals surface area contributed by atoms with E-state index in [0.717, 1.165) is 16.0 Å². The van der Waals surface area contributed by atoms with E-state index in [1.54, 1.807) is 24.4 Å². The lowest BCUT2D eigenvalue weighted by Gasteiger charge is -2.21. The molecule has 7 nitrogen and oxygen atoms in total. The van der Waals surface area contributed by atoms with Gasteiger partial charge in [-0.15, -0.1) is 11.3 Å². The number of hydrogen-bond donors (Lipinski definition) is 5. The van der Waals surface area contributed by atoms with Crippen LogP contribution in [0.5, 0.6) is 5.75 Å². The molecule has 0 saturated heterocycles. The van der Waals surface area contributed by atoms with Gasteiger partial charge in [0.25, 0.3) is 5.91 Å². The van der Waals surface area contributed by atoms with Crippen molar-refractivity contribution in [2.45, 2.75) is 19.0 Å². The summed E-state index contributed by atoms with van der Waals surface area (Å²) >= 11 is 1.30. The summed E-state index contributed by atoms with van der Waals surface area (Å²) in [6, 6.07) is 17.9. The zero-order valence-corrected chi connectivity index (χ0v) is 20.8. The highest BCUT2D eigenvalue weighted by molar-refractivity contribution is 7.17. The average Bonchev–Trinajstić information content (AvgIpc) is 3.40. The number of carbonyl (C=O) groups excluding carboxylic acids is 1. The number of amides is 1. The summed E-state index contributed by atoms with van der Waals surface area (Å²) in [5.74, 6) is -1.38. The van der Waals surface area contributed by atoms with E-state index in [1.165, 1.54) is 35.7 Å². The van der Waals surface area contributed by atoms with Crippen LogP contribution in [0.1, 0.15) is 38.8 Å². The Labute approximate surface area is 218 Å². The number of aliphatic hydroxyl groups is 1. The largest absolute Gasteiger partial charge is 0.507 e. The minimum Gasteiger partial charge on any atom is -0.507 e. The second kappa shape index (κ2) is 12.4. The molecular weight excluding hydrogens is 491 g/mol. The monoisotopic (exact) mass is 518 g/mol. The molecule has 0 bridgehead atoms. The number of halogens is 1. The Bertz CT molecular complexity index is 1360. The van der Waals surface area contributed by atoms with Crippen molar-refractivity contribution < 1.29 is 19.4 Å². The maximum absolute atomic E-state index is 14.8. The first-order valence-electron chi connectivity index (χ1n) is 11.7. The van der Waals surface area contributed by atoms with Gasteiger partial charge >= 0.3 is 0 Å². The van der Waals surface area contributed by atoms with Crippen LogP contribution in [0.3, 0.4) is 0 Å². The van der Waals surface area contributed by atoms with Crippen molar-refractivity contribution in [2.24, 2.45) is 0 Å². The predicted molar refractivity (Wildman–Crippen MR) is 143 cm³/mol. The van der Waals surface area contributed by atoms with Crippen LogP contribution in [-0.4, -0.2) is 40.0 Å². The van der Waals surface area contributed by atoms with Crippen molar-refractivity contribution in [3.8, 4) is 16.2 Å². The van der Waals surface area contributed by atoms with Crippen LogP contribution < -0.4 is 10.6 Å². The summed E-state index contributed by atoms with van der Waals surface area (Å²) in [6.07, 6.45) is 3.09. The van der Waals surface area contributed by atoms with Crippen LogP contribution >= 0.6 is 11.3 Å². The van der Waals surface area contributed by atoms with Gasteiger partial charge < -0.3 is 26.3 Å². The zero-order valence-electron chi connectivity index (χ0n) is 19.9. The fourth-order valence-electron chi connectivity index (χ4n) is 3.95. The minimum atomic E-state index is -0.965. The molecule has 5 N–H and O–H groups in total. The summed E-state index contributed by atoms with van der Waals surface area (Å²) in [4.78, 5) is 18.6. The van der Waals surface area contributed by atoms with E-state index in [-0.39, 0.29) is 30.1 Å². The summed E-state index contributed by atoms with van der Waals surface area (Å²) in [6.45, 7) is 1.19. The predicted octanol–water partition coefficient (Wildman–Crippen LogP) is 4.67. The fourth-order valence-corrected chi connectivity index (χ4v) is 4.86. The van der Waals surface area contributed by atoms with Crippen molar-refractivity contribution in [3.05, 3.63) is 107 Å². The Balaban J connectivity index is 1.55. The smallest absolute Gasteiger partial charge is 0.261 e. The Hall–Kier alpha value is -3.92. The molecule has 0 spiro atoms. The van der Waals surface area contributed by atoms with Crippen molar-refractivity contribution >= 4 is 23.0 Å². The number of rotatable bonds is 11. The van der Waals surface area contributed by atoms with Crippen LogP contribution in [0.2, 0.25) is 0 Å². The standard InChI is InChI=1S/C28H27FN4O3S/c29-21-7-2-8-24(35)27(21)23(15-22(30)20-6-3-11-31-17-20)33-28(36)26-10-9-25(37-26)19-5-1-4-18(14-19)16-32-12-13-34/h1-11,14,17,23,30,32,34-35H,12-13,15-16H2,(H,33,36). The molecule has 1 atom stereocenters. The first-order chi connectivity index (χ1) is 18.0. The van der Waals surface area contributed by atoms with Gasteiger partial charge in [0.2, 0.25) is 0 Å². The van der Waals surface area contributed by atoms with Gasteiger partial charge in [0.15, 0.2) is 0 Å². The quantitative estimate of drug-likeness (QED) is 0.146. The van der Waals surface area contributed by atoms with Gasteiger partial charge in [-0.3, -0.25) is 9.78 Å². The number of aliphatic hydroxyl groups excluding tert-OH is 1. The second-order valence-corrected chi connectivity index (χ2v) is 9.47. The van der Waals surface area contributed by atoms with Crippen LogP contribution in [0.4, 0.5) is 4.39 Å². The number of hydrogen-bond acceptors (Lipinski definition) is 7. The third-order valence-electron chi connectivity index (χ3n) is 5.76. The lowest BCUT2D eigenvalue weighted by Crippen LogP contribution is -2.30. The maximum atomic E-state index is 14.8. The molecule has 0 saturated carbocycles. The Morgan fingerprint density at radius 3 is 2.70 bits per heavy atom. The van der Waals surface area contributed by atoms with E-state index in [0.29, 0.717) is 23.5 Å².